The van der Waals surface area contributed by atoms with Gasteiger partial charge in [0.25, 0.3) is 0 Å². The fourth-order valence-corrected chi connectivity index (χ4v) is 2.69. The molecule has 0 bridgehead atoms. The first-order valence-electron chi connectivity index (χ1n) is 6.88. The van der Waals surface area contributed by atoms with Crippen LogP contribution in [-0.2, 0) is 0 Å². The molecule has 1 aliphatic rings. The van der Waals surface area contributed by atoms with Crippen LogP contribution in [0.2, 0.25) is 0 Å². The zero-order valence-corrected chi connectivity index (χ0v) is 11.8. The molecule has 0 aromatic heterocycles. The van der Waals surface area contributed by atoms with Crippen molar-refractivity contribution in [3.8, 4) is 0 Å². The van der Waals surface area contributed by atoms with Crippen LogP contribution in [0, 0.1) is 0 Å². The molecule has 1 unspecified atom stereocenters. The van der Waals surface area contributed by atoms with Crippen LogP contribution in [0.4, 0.5) is 5.69 Å². The average Bonchev–Trinajstić information content (AvgIpc) is 2.60. The summed E-state index contributed by atoms with van der Waals surface area (Å²) < 4.78 is 0. The number of nitrogens with zero attached hydrogens (tertiary/aromatic N) is 2. The third-order valence-electron chi connectivity index (χ3n) is 3.76. The number of hydrogen-bond acceptors (Lipinski definition) is 4. The van der Waals surface area contributed by atoms with Crippen LogP contribution in [0.1, 0.15) is 23.7 Å². The van der Waals surface area contributed by atoms with E-state index in [0.29, 0.717) is 12.6 Å². The molecule has 1 heterocycles. The summed E-state index contributed by atoms with van der Waals surface area (Å²) in [4.78, 5) is 16.2. The van der Waals surface area contributed by atoms with Gasteiger partial charge in [0.15, 0.2) is 5.78 Å². The molecule has 1 aliphatic heterocycles. The van der Waals surface area contributed by atoms with E-state index in [9.17, 15) is 4.79 Å². The van der Waals surface area contributed by atoms with Crippen molar-refractivity contribution in [2.24, 2.45) is 5.73 Å². The molecule has 1 aromatic carbocycles. The van der Waals surface area contributed by atoms with Crippen LogP contribution >= 0.6 is 0 Å². The number of nitrogens with two attached hydrogens (primary N) is 1. The molecule has 19 heavy (non-hydrogen) atoms. The SMILES string of the molecule is CC(=O)c1cccc(N2CCCN(C)CC2CN)c1. The summed E-state index contributed by atoms with van der Waals surface area (Å²) in [6.45, 7) is 5.30. The Morgan fingerprint density at radius 2 is 2.21 bits per heavy atom. The van der Waals surface area contributed by atoms with Crippen LogP contribution < -0.4 is 10.6 Å². The number of Topliss-reactive ketones (excluding diaryl/α,β-unsaturated/α-hetero) is 1. The van der Waals surface area contributed by atoms with Crippen molar-refractivity contribution >= 4 is 11.5 Å². The molecule has 0 radical (unpaired) electrons. The van der Waals surface area contributed by atoms with Crippen LogP contribution in [0.3, 0.4) is 0 Å². The van der Waals surface area contributed by atoms with Gasteiger partial charge in [0.05, 0.1) is 6.04 Å². The summed E-state index contributed by atoms with van der Waals surface area (Å²) in [7, 11) is 2.14. The van der Waals surface area contributed by atoms with Gasteiger partial charge < -0.3 is 15.5 Å². The van der Waals surface area contributed by atoms with Gasteiger partial charge in [-0.3, -0.25) is 4.79 Å². The van der Waals surface area contributed by atoms with E-state index in [1.807, 2.05) is 18.2 Å². The fraction of sp³-hybridized carbons (Fsp3) is 0.533. The summed E-state index contributed by atoms with van der Waals surface area (Å²) in [5.41, 5.74) is 7.80. The normalized spacial score (nSPS) is 21.2. The smallest absolute Gasteiger partial charge is 0.159 e. The van der Waals surface area contributed by atoms with E-state index in [-0.39, 0.29) is 5.78 Å². The Labute approximate surface area is 115 Å². The highest BCUT2D eigenvalue weighted by Gasteiger charge is 2.22. The lowest BCUT2D eigenvalue weighted by molar-refractivity contribution is 0.101. The van der Waals surface area contributed by atoms with Gasteiger partial charge in [-0.2, -0.15) is 0 Å². The summed E-state index contributed by atoms with van der Waals surface area (Å²) in [5.74, 6) is 0.109. The van der Waals surface area contributed by atoms with Gasteiger partial charge in [-0.05, 0) is 39.1 Å². The zero-order valence-electron chi connectivity index (χ0n) is 11.8. The lowest BCUT2D eigenvalue weighted by Crippen LogP contribution is -2.45. The van der Waals surface area contributed by atoms with Gasteiger partial charge in [-0.25, -0.2) is 0 Å². The van der Waals surface area contributed by atoms with Gasteiger partial charge in [0.2, 0.25) is 0 Å². The highest BCUT2D eigenvalue weighted by Crippen LogP contribution is 2.21. The number of ketones is 1. The maximum absolute atomic E-state index is 11.5. The first-order chi connectivity index (χ1) is 9.11. The lowest BCUT2D eigenvalue weighted by atomic mass is 10.1. The predicted molar refractivity (Wildman–Crippen MR) is 78.7 cm³/mol. The third kappa shape index (κ3) is 3.33. The molecule has 2 N–H and O–H groups in total. The summed E-state index contributed by atoms with van der Waals surface area (Å²) >= 11 is 0. The molecular weight excluding hydrogens is 238 g/mol. The second-order valence-electron chi connectivity index (χ2n) is 5.31. The second-order valence-corrected chi connectivity index (χ2v) is 5.31. The largest absolute Gasteiger partial charge is 0.366 e. The van der Waals surface area contributed by atoms with Crippen molar-refractivity contribution in [1.82, 2.24) is 4.90 Å². The first-order valence-corrected chi connectivity index (χ1v) is 6.88. The molecule has 0 spiro atoms. The lowest BCUT2D eigenvalue weighted by Gasteiger charge is -2.32. The van der Waals surface area contributed by atoms with Gasteiger partial charge >= 0.3 is 0 Å². The molecule has 0 aliphatic carbocycles. The molecule has 1 aromatic rings. The quantitative estimate of drug-likeness (QED) is 0.835. The van der Waals surface area contributed by atoms with Gasteiger partial charge in [-0.15, -0.1) is 0 Å². The van der Waals surface area contributed by atoms with Gasteiger partial charge in [-0.1, -0.05) is 12.1 Å². The Balaban J connectivity index is 2.27. The Kier molecular flexibility index (Phi) is 4.56. The van der Waals surface area contributed by atoms with Crippen LogP contribution in [0.25, 0.3) is 0 Å². The molecule has 104 valence electrons. The van der Waals surface area contributed by atoms with Gasteiger partial charge in [0, 0.05) is 30.9 Å². The molecule has 0 saturated carbocycles. The minimum atomic E-state index is 0.109. The molecule has 4 nitrogen and oxygen atoms in total. The third-order valence-corrected chi connectivity index (χ3v) is 3.76. The number of benzene rings is 1. The summed E-state index contributed by atoms with van der Waals surface area (Å²) in [6, 6.07) is 8.19. The number of likely N-dealkylation sites (N-methyl/N-ethyl adjacent to an activating group) is 1. The number of carbonyl (C=O) groups excluding carboxylic acids is 1. The molecule has 0 amide bonds. The second kappa shape index (κ2) is 6.17. The van der Waals surface area contributed by atoms with Crippen molar-refractivity contribution < 1.29 is 4.79 Å². The van der Waals surface area contributed by atoms with Crippen LogP contribution in [0.15, 0.2) is 24.3 Å². The minimum Gasteiger partial charge on any atom is -0.366 e. The van der Waals surface area contributed by atoms with E-state index >= 15 is 0 Å². The molecule has 1 atom stereocenters. The summed E-state index contributed by atoms with van der Waals surface area (Å²) in [5, 5.41) is 0. The van der Waals surface area contributed by atoms with E-state index in [1.165, 1.54) is 0 Å². The Morgan fingerprint density at radius 3 is 2.89 bits per heavy atom. The summed E-state index contributed by atoms with van der Waals surface area (Å²) in [6.07, 6.45) is 1.12. The van der Waals surface area contributed by atoms with E-state index < -0.39 is 0 Å². The highest BCUT2D eigenvalue weighted by atomic mass is 16.1. The zero-order chi connectivity index (χ0) is 13.8. The number of carbonyl (C=O) groups is 1. The highest BCUT2D eigenvalue weighted by molar-refractivity contribution is 5.95. The maximum Gasteiger partial charge on any atom is 0.159 e. The Morgan fingerprint density at radius 1 is 1.42 bits per heavy atom. The monoisotopic (exact) mass is 261 g/mol. The van der Waals surface area contributed by atoms with Crippen LogP contribution in [0.5, 0.6) is 0 Å². The fourth-order valence-electron chi connectivity index (χ4n) is 2.69. The molecule has 1 saturated heterocycles. The average molecular weight is 261 g/mol. The first kappa shape index (κ1) is 14.0. The van der Waals surface area contributed by atoms with Crippen molar-refractivity contribution in [2.45, 2.75) is 19.4 Å². The molecule has 1 fully saturated rings. The standard InChI is InChI=1S/C15H23N3O/c1-12(19)13-5-3-6-14(9-13)18-8-4-7-17(2)11-15(18)10-16/h3,5-6,9,15H,4,7-8,10-11,16H2,1-2H3. The topological polar surface area (TPSA) is 49.6 Å². The Bertz CT molecular complexity index is 447. The van der Waals surface area contributed by atoms with Gasteiger partial charge in [0.1, 0.15) is 0 Å². The molecular formula is C15H23N3O. The van der Waals surface area contributed by atoms with Crippen molar-refractivity contribution in [1.29, 1.82) is 0 Å². The van der Waals surface area contributed by atoms with E-state index in [0.717, 1.165) is 37.3 Å². The molecule has 4 heteroatoms. The van der Waals surface area contributed by atoms with Crippen molar-refractivity contribution in [3.63, 3.8) is 0 Å². The number of rotatable bonds is 3. The number of hydrogen-bond donors (Lipinski definition) is 1. The molecule has 2 rings (SSSR count). The maximum atomic E-state index is 11.5. The minimum absolute atomic E-state index is 0.109. The predicted octanol–water partition coefficient (Wildman–Crippen LogP) is 1.36. The van der Waals surface area contributed by atoms with E-state index in [2.05, 4.69) is 22.9 Å². The van der Waals surface area contributed by atoms with E-state index in [1.54, 1.807) is 6.92 Å². The van der Waals surface area contributed by atoms with Crippen LogP contribution in [-0.4, -0.2) is 50.0 Å². The van der Waals surface area contributed by atoms with E-state index in [4.69, 9.17) is 5.73 Å². The van der Waals surface area contributed by atoms with Crippen molar-refractivity contribution in [2.75, 3.05) is 38.1 Å². The van der Waals surface area contributed by atoms with Crippen molar-refractivity contribution in [3.05, 3.63) is 29.8 Å². The number of anilines is 1. The Hall–Kier alpha value is -1.39.